The lowest BCUT2D eigenvalue weighted by Gasteiger charge is -2.47. The van der Waals surface area contributed by atoms with Gasteiger partial charge in [-0.1, -0.05) is 0 Å². The third kappa shape index (κ3) is 12.3. The largest absolute Gasteiger partial charge is 0.502 e. The van der Waals surface area contributed by atoms with Gasteiger partial charge in [0.05, 0.1) is 56.2 Å². The van der Waals surface area contributed by atoms with E-state index in [1.54, 1.807) is 31.2 Å². The first kappa shape index (κ1) is 58.8. The molecule has 86 heavy (non-hydrogen) atoms. The zero-order valence-electron chi connectivity index (χ0n) is 49.0. The molecular weight excluding hydrogens is 1110 g/mol. The highest BCUT2D eigenvalue weighted by Gasteiger charge is 2.56. The number of phenols is 1. The number of methoxy groups -OCH3 is 2. The maximum atomic E-state index is 13.4. The summed E-state index contributed by atoms with van der Waals surface area (Å²) < 4.78 is 51.5. The molecule has 22 heteroatoms. The number of esters is 1. The van der Waals surface area contributed by atoms with Crippen molar-refractivity contribution in [2.24, 2.45) is 11.8 Å². The standard InChI is InChI=1S/C35H43N7O2.C29H32O13/c1-40(2)28-11-7-25(8-12-28)38-35-29-13-9-26(36-33(43)15-21-41-17-3-4-18-41)23-31(29)39-32-24-27(10-14-30(32)35)37-34(44)16-22-42-19-5-6-20-42;1-11-36-9-20-27(40-11)24(31)25(32)29(41-20)42-26-14-7-17-16(38-10-39-17)6-13(14)21(22-15(26)8-37-28(22)33)12-4-18(34-2)23(30)19(5-12)35-3/h7-14,23-24H,3-6,15-22H2,1-2H3,(H,36,43)(H,37,44)(H,38,39);4-7,11,15,20-22,24-27,29-32H,8-10H2,1-3H3. The molecule has 1 aromatic heterocycles. The Labute approximate surface area is 498 Å². The fraction of sp³-hybridized carbons (Fsp3) is 0.469. The first-order valence-corrected chi connectivity index (χ1v) is 29.7. The number of ether oxygens (including phenoxy) is 9. The number of amides is 2. The fourth-order valence-electron chi connectivity index (χ4n) is 12.9. The van der Waals surface area contributed by atoms with Crippen molar-refractivity contribution < 1.29 is 72.3 Å². The van der Waals surface area contributed by atoms with Crippen LogP contribution in [-0.4, -0.2) is 172 Å². The Bertz CT molecular complexity index is 3350. The van der Waals surface area contributed by atoms with Crippen LogP contribution >= 0.6 is 0 Å². The monoisotopic (exact) mass is 1180 g/mol. The van der Waals surface area contributed by atoms with E-state index in [0.29, 0.717) is 41.0 Å². The number of anilines is 5. The number of cyclic esters (lactones) is 1. The van der Waals surface area contributed by atoms with Crippen LogP contribution in [0.1, 0.15) is 74.2 Å². The van der Waals surface area contributed by atoms with E-state index in [1.807, 2.05) is 50.5 Å². The zero-order chi connectivity index (χ0) is 59.8. The average molecular weight is 1180 g/mol. The number of aliphatic hydroxyl groups is 2. The number of rotatable bonds is 16. The Hall–Kier alpha value is -7.54. The van der Waals surface area contributed by atoms with Crippen LogP contribution in [0.25, 0.3) is 21.8 Å². The summed E-state index contributed by atoms with van der Waals surface area (Å²) in [7, 11) is 6.91. The lowest BCUT2D eigenvalue weighted by Crippen LogP contribution is -2.63. The Balaban J connectivity index is 0.000000168. The molecule has 5 fully saturated rings. The molecule has 6 N–H and O–H groups in total. The van der Waals surface area contributed by atoms with E-state index in [1.165, 1.54) is 39.9 Å². The number of carbonyl (C=O) groups is 3. The molecule has 0 radical (unpaired) electrons. The smallest absolute Gasteiger partial charge is 0.310 e. The number of aliphatic hydroxyl groups excluding tert-OH is 2. The van der Waals surface area contributed by atoms with Crippen LogP contribution in [0.5, 0.6) is 28.7 Å². The molecule has 6 aromatic rings. The van der Waals surface area contributed by atoms with Crippen LogP contribution in [0.2, 0.25) is 0 Å². The van der Waals surface area contributed by atoms with Crippen LogP contribution in [-0.2, 0) is 38.1 Å². The fourth-order valence-corrected chi connectivity index (χ4v) is 12.9. The lowest BCUT2D eigenvalue weighted by atomic mass is 9.66. The molecule has 0 saturated carbocycles. The van der Waals surface area contributed by atoms with Crippen molar-refractivity contribution in [1.29, 1.82) is 0 Å². The van der Waals surface area contributed by atoms with Crippen molar-refractivity contribution in [2.75, 3.05) is 108 Å². The predicted octanol–water partition coefficient (Wildman–Crippen LogP) is 7.39. The minimum atomic E-state index is -1.44. The quantitative estimate of drug-likeness (QED) is 0.0408. The van der Waals surface area contributed by atoms with Gasteiger partial charge in [-0.05, 0) is 160 Å². The molecule has 6 aliphatic heterocycles. The van der Waals surface area contributed by atoms with Crippen LogP contribution in [0.3, 0.4) is 0 Å². The summed E-state index contributed by atoms with van der Waals surface area (Å²) in [4.78, 5) is 50.7. The van der Waals surface area contributed by atoms with E-state index >= 15 is 0 Å². The van der Waals surface area contributed by atoms with Crippen molar-refractivity contribution >= 4 is 68.0 Å². The molecule has 22 nitrogen and oxygen atoms in total. The lowest BCUT2D eigenvalue weighted by molar-refractivity contribution is -0.364. The molecular formula is C64H75N7O15. The minimum absolute atomic E-state index is 0.00954. The molecule has 0 bridgehead atoms. The van der Waals surface area contributed by atoms with Gasteiger partial charge in [0, 0.05) is 85.4 Å². The third-order valence-corrected chi connectivity index (χ3v) is 17.4. The summed E-state index contributed by atoms with van der Waals surface area (Å²) in [5.74, 6) is -1.01. The second kappa shape index (κ2) is 25.4. The number of benzene rings is 5. The Morgan fingerprint density at radius 3 is 1.85 bits per heavy atom. The first-order chi connectivity index (χ1) is 41.7. The number of phenolic OH excluding ortho intramolecular Hbond substituents is 1. The highest BCUT2D eigenvalue weighted by atomic mass is 16.8. The van der Waals surface area contributed by atoms with Crippen LogP contribution < -0.4 is 39.8 Å². The topological polar surface area (TPSA) is 254 Å². The number of carbonyl (C=O) groups excluding carboxylic acids is 3. The second-order valence-corrected chi connectivity index (χ2v) is 23.2. The molecule has 7 aliphatic rings. The van der Waals surface area contributed by atoms with Crippen molar-refractivity contribution in [3.63, 3.8) is 0 Å². The van der Waals surface area contributed by atoms with Gasteiger partial charge in [-0.15, -0.1) is 0 Å². The molecule has 13 rings (SSSR count). The van der Waals surface area contributed by atoms with E-state index in [4.69, 9.17) is 47.6 Å². The number of aromatic hydroxyl groups is 1. The first-order valence-electron chi connectivity index (χ1n) is 29.7. The van der Waals surface area contributed by atoms with E-state index in [9.17, 15) is 29.7 Å². The third-order valence-electron chi connectivity index (χ3n) is 17.4. The van der Waals surface area contributed by atoms with Gasteiger partial charge in [0.25, 0.3) is 0 Å². The van der Waals surface area contributed by atoms with Gasteiger partial charge in [-0.3, -0.25) is 14.4 Å². The number of pyridine rings is 1. The number of nitrogens with one attached hydrogen (secondary N) is 3. The Morgan fingerprint density at radius 1 is 0.709 bits per heavy atom. The normalized spacial score (nSPS) is 25.8. The van der Waals surface area contributed by atoms with Gasteiger partial charge in [0.2, 0.25) is 24.4 Å². The van der Waals surface area contributed by atoms with Crippen molar-refractivity contribution in [1.82, 2.24) is 14.8 Å². The molecule has 10 atom stereocenters. The van der Waals surface area contributed by atoms with Gasteiger partial charge in [-0.2, -0.15) is 0 Å². The predicted molar refractivity (Wildman–Crippen MR) is 319 cm³/mol. The molecule has 1 aliphatic carbocycles. The second-order valence-electron chi connectivity index (χ2n) is 23.2. The number of aromatic nitrogens is 1. The molecule has 456 valence electrons. The van der Waals surface area contributed by atoms with Gasteiger partial charge in [-0.25, -0.2) is 4.98 Å². The summed E-state index contributed by atoms with van der Waals surface area (Å²) in [5, 5.41) is 44.2. The summed E-state index contributed by atoms with van der Waals surface area (Å²) in [6.45, 7) is 7.82. The Kier molecular flexibility index (Phi) is 17.4. The van der Waals surface area contributed by atoms with Gasteiger partial charge in [0.15, 0.2) is 35.6 Å². The Morgan fingerprint density at radius 2 is 1.28 bits per heavy atom. The number of likely N-dealkylation sites (tertiary alicyclic amines) is 2. The highest BCUT2D eigenvalue weighted by molar-refractivity contribution is 6.11. The minimum Gasteiger partial charge on any atom is -0.502 e. The van der Waals surface area contributed by atoms with Crippen LogP contribution in [0.4, 0.5) is 28.4 Å². The maximum Gasteiger partial charge on any atom is 0.310 e. The van der Waals surface area contributed by atoms with Gasteiger partial charge >= 0.3 is 5.97 Å². The van der Waals surface area contributed by atoms with Gasteiger partial charge in [0.1, 0.15) is 24.4 Å². The summed E-state index contributed by atoms with van der Waals surface area (Å²) in [5.41, 5.74) is 8.01. The molecule has 0 spiro atoms. The van der Waals surface area contributed by atoms with Crippen molar-refractivity contribution in [3.8, 4) is 28.7 Å². The van der Waals surface area contributed by atoms with Crippen LogP contribution in [0.15, 0.2) is 84.9 Å². The molecule has 5 aromatic carbocycles. The number of fused-ring (bicyclic) bond motifs is 6. The number of nitrogens with zero attached hydrogens (tertiary/aromatic N) is 4. The summed E-state index contributed by atoms with van der Waals surface area (Å²) in [6, 6.07) is 27.0. The maximum absolute atomic E-state index is 13.4. The van der Waals surface area contributed by atoms with E-state index in [2.05, 4.69) is 54.9 Å². The number of hydrogen-bond acceptors (Lipinski definition) is 20. The molecule has 7 heterocycles. The van der Waals surface area contributed by atoms with Gasteiger partial charge < -0.3 is 88.6 Å². The summed E-state index contributed by atoms with van der Waals surface area (Å²) >= 11 is 0. The van der Waals surface area contributed by atoms with Crippen molar-refractivity contribution in [3.05, 3.63) is 102 Å². The van der Waals surface area contributed by atoms with E-state index < -0.39 is 66.8 Å². The molecule has 2 amide bonds. The van der Waals surface area contributed by atoms with E-state index in [0.717, 1.165) is 89.5 Å². The molecule has 5 saturated heterocycles. The number of hydrogen-bond donors (Lipinski definition) is 6. The van der Waals surface area contributed by atoms with Crippen molar-refractivity contribution in [2.45, 2.75) is 94.5 Å². The van der Waals surface area contributed by atoms with E-state index in [-0.39, 0.29) is 49.1 Å². The highest BCUT2D eigenvalue weighted by Crippen LogP contribution is 2.57. The van der Waals surface area contributed by atoms with Crippen LogP contribution in [0, 0.1) is 11.8 Å². The summed E-state index contributed by atoms with van der Waals surface area (Å²) in [6.07, 6.45) is -0.996. The average Bonchev–Trinajstić information content (AvgIpc) is 1.48. The molecule has 10 unspecified atom stereocenters. The zero-order valence-corrected chi connectivity index (χ0v) is 49.0. The SMILES string of the molecule is CN(C)c1ccc(Nc2c3ccc(NC(=O)CCN4CCCC4)cc3nc3cc(NC(=O)CCN4CCCC4)ccc23)cc1.COc1cc(C2c3cc4c(cc3C(OC3OC5COC(C)OC5C(O)C3O)C3COC(=O)C23)OCO4)cc(OC)c1O.